The van der Waals surface area contributed by atoms with Crippen molar-refractivity contribution in [2.24, 2.45) is 11.1 Å². The second kappa shape index (κ2) is 4.52. The number of nitrogens with zero attached hydrogens (tertiary/aromatic N) is 1. The van der Waals surface area contributed by atoms with Crippen molar-refractivity contribution in [2.45, 2.75) is 6.04 Å². The number of halogens is 2. The Morgan fingerprint density at radius 1 is 1.44 bits per heavy atom. The van der Waals surface area contributed by atoms with E-state index in [2.05, 4.69) is 4.74 Å². The SMILES string of the molecule is COc1cc(F)c(C(N)C2(C#N)COC2)cc1F. The first-order valence-corrected chi connectivity index (χ1v) is 5.31. The fourth-order valence-electron chi connectivity index (χ4n) is 1.87. The van der Waals surface area contributed by atoms with Crippen molar-refractivity contribution in [1.29, 1.82) is 5.26 Å². The van der Waals surface area contributed by atoms with E-state index in [0.717, 1.165) is 12.1 Å². The van der Waals surface area contributed by atoms with E-state index >= 15 is 0 Å². The van der Waals surface area contributed by atoms with Crippen molar-refractivity contribution in [3.8, 4) is 11.8 Å². The summed E-state index contributed by atoms with van der Waals surface area (Å²) in [6, 6.07) is 2.98. The van der Waals surface area contributed by atoms with Crippen molar-refractivity contribution in [3.05, 3.63) is 29.3 Å². The van der Waals surface area contributed by atoms with E-state index < -0.39 is 23.1 Å². The summed E-state index contributed by atoms with van der Waals surface area (Å²) in [5.74, 6) is -1.60. The minimum Gasteiger partial charge on any atom is -0.494 e. The molecule has 0 radical (unpaired) electrons. The molecule has 4 nitrogen and oxygen atoms in total. The van der Waals surface area contributed by atoms with Crippen LogP contribution in [0.25, 0.3) is 0 Å². The second-order valence-corrected chi connectivity index (χ2v) is 4.25. The highest BCUT2D eigenvalue weighted by atomic mass is 19.1. The molecule has 2 rings (SSSR count). The van der Waals surface area contributed by atoms with E-state index in [0.29, 0.717) is 0 Å². The Bertz CT molecular complexity index is 510. The lowest BCUT2D eigenvalue weighted by molar-refractivity contribution is -0.0915. The van der Waals surface area contributed by atoms with Gasteiger partial charge >= 0.3 is 0 Å². The second-order valence-electron chi connectivity index (χ2n) is 4.25. The molecule has 0 bridgehead atoms. The molecule has 0 aliphatic carbocycles. The molecule has 0 aromatic heterocycles. The number of nitrogens with two attached hydrogens (primary N) is 1. The minimum absolute atomic E-state index is 0.0434. The Hall–Kier alpha value is -1.71. The molecule has 1 heterocycles. The van der Waals surface area contributed by atoms with Crippen LogP contribution in [0.2, 0.25) is 0 Å². The van der Waals surface area contributed by atoms with Crippen LogP contribution in [0.3, 0.4) is 0 Å². The first-order valence-electron chi connectivity index (χ1n) is 5.31. The van der Waals surface area contributed by atoms with Crippen molar-refractivity contribution in [2.75, 3.05) is 20.3 Å². The summed E-state index contributed by atoms with van der Waals surface area (Å²) in [6.45, 7) is 0.246. The van der Waals surface area contributed by atoms with Crippen molar-refractivity contribution < 1.29 is 18.3 Å². The fraction of sp³-hybridized carbons (Fsp3) is 0.417. The van der Waals surface area contributed by atoms with E-state index in [1.807, 2.05) is 6.07 Å². The molecule has 1 aliphatic heterocycles. The first kappa shape index (κ1) is 12.7. The van der Waals surface area contributed by atoms with Crippen LogP contribution >= 0.6 is 0 Å². The van der Waals surface area contributed by atoms with Gasteiger partial charge in [-0.2, -0.15) is 5.26 Å². The molecule has 0 saturated carbocycles. The quantitative estimate of drug-likeness (QED) is 0.887. The Balaban J connectivity index is 2.40. The molecule has 1 aromatic carbocycles. The van der Waals surface area contributed by atoms with Crippen molar-refractivity contribution in [1.82, 2.24) is 0 Å². The molecule has 1 atom stereocenters. The molecule has 1 aromatic rings. The van der Waals surface area contributed by atoms with Crippen LogP contribution in [0, 0.1) is 28.4 Å². The largest absolute Gasteiger partial charge is 0.494 e. The van der Waals surface area contributed by atoms with Gasteiger partial charge in [0.25, 0.3) is 0 Å². The number of benzene rings is 1. The summed E-state index contributed by atoms with van der Waals surface area (Å²) >= 11 is 0. The Morgan fingerprint density at radius 2 is 2.11 bits per heavy atom. The number of hydrogen-bond donors (Lipinski definition) is 1. The van der Waals surface area contributed by atoms with Gasteiger partial charge in [-0.15, -0.1) is 0 Å². The average Bonchev–Trinajstić information content (AvgIpc) is 2.30. The van der Waals surface area contributed by atoms with Gasteiger partial charge in [0, 0.05) is 11.6 Å². The predicted molar refractivity (Wildman–Crippen MR) is 58.7 cm³/mol. The average molecular weight is 254 g/mol. The smallest absolute Gasteiger partial charge is 0.165 e. The summed E-state index contributed by atoms with van der Waals surface area (Å²) < 4.78 is 37.0. The lowest BCUT2D eigenvalue weighted by Gasteiger charge is -2.39. The van der Waals surface area contributed by atoms with Gasteiger partial charge in [-0.05, 0) is 6.07 Å². The molecule has 1 saturated heterocycles. The molecule has 0 spiro atoms. The van der Waals surface area contributed by atoms with Gasteiger partial charge in [0.15, 0.2) is 11.6 Å². The van der Waals surface area contributed by atoms with Crippen LogP contribution in [0.4, 0.5) is 8.78 Å². The summed E-state index contributed by atoms with van der Waals surface area (Å²) in [5, 5.41) is 9.08. The Kier molecular flexibility index (Phi) is 3.20. The van der Waals surface area contributed by atoms with Crippen LogP contribution in [0.5, 0.6) is 5.75 Å². The first-order chi connectivity index (χ1) is 8.54. The van der Waals surface area contributed by atoms with Gasteiger partial charge in [0.05, 0.1) is 32.4 Å². The van der Waals surface area contributed by atoms with Gasteiger partial charge in [-0.1, -0.05) is 0 Å². The molecule has 2 N–H and O–H groups in total. The zero-order chi connectivity index (χ0) is 13.3. The number of methoxy groups -OCH3 is 1. The van der Waals surface area contributed by atoms with E-state index in [1.165, 1.54) is 7.11 Å². The molecule has 6 heteroatoms. The van der Waals surface area contributed by atoms with Crippen LogP contribution in [-0.4, -0.2) is 20.3 Å². The summed E-state index contributed by atoms with van der Waals surface area (Å²) in [4.78, 5) is 0. The monoisotopic (exact) mass is 254 g/mol. The van der Waals surface area contributed by atoms with Crippen LogP contribution in [0.15, 0.2) is 12.1 Å². The lowest BCUT2D eigenvalue weighted by atomic mass is 9.77. The van der Waals surface area contributed by atoms with Crippen LogP contribution < -0.4 is 10.5 Å². The summed E-state index contributed by atoms with van der Waals surface area (Å²) in [6.07, 6.45) is 0. The molecular formula is C12H12F2N2O2. The summed E-state index contributed by atoms with van der Waals surface area (Å²) in [5.41, 5.74) is 4.83. The van der Waals surface area contributed by atoms with Gasteiger partial charge < -0.3 is 15.2 Å². The number of nitriles is 1. The van der Waals surface area contributed by atoms with E-state index in [9.17, 15) is 8.78 Å². The van der Waals surface area contributed by atoms with Gasteiger partial charge in [0.1, 0.15) is 11.2 Å². The number of ether oxygens (including phenoxy) is 2. The van der Waals surface area contributed by atoms with E-state index in [-0.39, 0.29) is 24.5 Å². The molecule has 1 fully saturated rings. The highest BCUT2D eigenvalue weighted by molar-refractivity contribution is 5.35. The number of hydrogen-bond acceptors (Lipinski definition) is 4. The highest BCUT2D eigenvalue weighted by Crippen LogP contribution is 2.40. The predicted octanol–water partition coefficient (Wildman–Crippen LogP) is 1.51. The standard InChI is InChI=1S/C12H12F2N2O2/c1-17-10-3-8(13)7(2-9(10)14)11(16)12(4-15)5-18-6-12/h2-3,11H,5-6,16H2,1H3. The Morgan fingerprint density at radius 3 is 2.56 bits per heavy atom. The molecule has 1 unspecified atom stereocenters. The normalized spacial score (nSPS) is 18.6. The molecule has 18 heavy (non-hydrogen) atoms. The van der Waals surface area contributed by atoms with E-state index in [1.54, 1.807) is 0 Å². The molecule has 0 amide bonds. The third-order valence-electron chi connectivity index (χ3n) is 3.14. The third kappa shape index (κ3) is 1.82. The van der Waals surface area contributed by atoms with E-state index in [4.69, 9.17) is 15.7 Å². The maximum atomic E-state index is 13.8. The van der Waals surface area contributed by atoms with Gasteiger partial charge in [-0.25, -0.2) is 8.78 Å². The summed E-state index contributed by atoms with van der Waals surface area (Å²) in [7, 11) is 1.24. The molecular weight excluding hydrogens is 242 g/mol. The molecule has 1 aliphatic rings. The van der Waals surface area contributed by atoms with Gasteiger partial charge in [0.2, 0.25) is 0 Å². The zero-order valence-electron chi connectivity index (χ0n) is 9.74. The number of rotatable bonds is 3. The van der Waals surface area contributed by atoms with Crippen LogP contribution in [0.1, 0.15) is 11.6 Å². The molecule has 96 valence electrons. The lowest BCUT2D eigenvalue weighted by Crippen LogP contribution is -2.49. The van der Waals surface area contributed by atoms with Crippen molar-refractivity contribution in [3.63, 3.8) is 0 Å². The Labute approximate surface area is 103 Å². The zero-order valence-corrected chi connectivity index (χ0v) is 9.74. The maximum Gasteiger partial charge on any atom is 0.165 e. The minimum atomic E-state index is -0.984. The van der Waals surface area contributed by atoms with Crippen LogP contribution in [-0.2, 0) is 4.74 Å². The highest BCUT2D eigenvalue weighted by Gasteiger charge is 2.46. The van der Waals surface area contributed by atoms with Crippen molar-refractivity contribution >= 4 is 0 Å². The third-order valence-corrected chi connectivity index (χ3v) is 3.14. The maximum absolute atomic E-state index is 13.8. The topological polar surface area (TPSA) is 68.3 Å². The van der Waals surface area contributed by atoms with Gasteiger partial charge in [-0.3, -0.25) is 0 Å². The fourth-order valence-corrected chi connectivity index (χ4v) is 1.87.